The van der Waals surface area contributed by atoms with Gasteiger partial charge in [-0.25, -0.2) is 9.79 Å². The maximum atomic E-state index is 11.0. The van der Waals surface area contributed by atoms with Crippen molar-refractivity contribution in [3.05, 3.63) is 40.6 Å². The summed E-state index contributed by atoms with van der Waals surface area (Å²) >= 11 is 7.31. The Kier molecular flexibility index (Phi) is 4.22. The Balaban J connectivity index is 1.94. The van der Waals surface area contributed by atoms with Crippen molar-refractivity contribution in [2.75, 3.05) is 13.6 Å². The van der Waals surface area contributed by atoms with Crippen LogP contribution in [0.3, 0.4) is 0 Å². The summed E-state index contributed by atoms with van der Waals surface area (Å²) in [6, 6.07) is 7.36. The highest BCUT2D eigenvalue weighted by Crippen LogP contribution is 2.39. The summed E-state index contributed by atoms with van der Waals surface area (Å²) in [6.07, 6.45) is 0.907. The second-order valence-corrected chi connectivity index (χ2v) is 6.39. The van der Waals surface area contributed by atoms with Crippen molar-refractivity contribution in [2.45, 2.75) is 13.3 Å². The first-order valence-electron chi connectivity index (χ1n) is 6.77. The van der Waals surface area contributed by atoms with E-state index in [1.165, 1.54) is 18.7 Å². The minimum absolute atomic E-state index is 0.431. The van der Waals surface area contributed by atoms with E-state index < -0.39 is 5.97 Å². The van der Waals surface area contributed by atoms with Crippen LogP contribution in [0.4, 0.5) is 5.69 Å². The molecule has 0 spiro atoms. The molecule has 0 atom stereocenters. The molecular weight excluding hydrogens is 322 g/mol. The smallest absolute Gasteiger partial charge is 0.332 e. The zero-order valence-electron chi connectivity index (χ0n) is 12.2. The van der Waals surface area contributed by atoms with Crippen molar-refractivity contribution >= 4 is 45.1 Å². The maximum absolute atomic E-state index is 11.0. The van der Waals surface area contributed by atoms with Crippen molar-refractivity contribution < 1.29 is 9.63 Å². The Morgan fingerprint density at radius 1 is 1.32 bits per heavy atom. The lowest BCUT2D eigenvalue weighted by Gasteiger charge is -2.13. The molecule has 0 radical (unpaired) electrons. The molecule has 0 unspecified atom stereocenters. The Bertz CT molecular complexity index is 710. The summed E-state index contributed by atoms with van der Waals surface area (Å²) in [5.41, 5.74) is 2.98. The zero-order chi connectivity index (χ0) is 15.7. The van der Waals surface area contributed by atoms with Crippen molar-refractivity contribution in [1.82, 2.24) is 4.90 Å². The van der Waals surface area contributed by atoms with Gasteiger partial charge in [0.05, 0.1) is 11.4 Å². The van der Waals surface area contributed by atoms with Gasteiger partial charge in [0.2, 0.25) is 0 Å². The second-order valence-electron chi connectivity index (χ2n) is 4.97. The number of aliphatic imine (C=N–C) groups is 1. The predicted molar refractivity (Wildman–Crippen MR) is 89.6 cm³/mol. The normalized spacial score (nSPS) is 21.0. The van der Waals surface area contributed by atoms with Gasteiger partial charge in [-0.15, -0.1) is 0 Å². The molecule has 2 aliphatic heterocycles. The summed E-state index contributed by atoms with van der Waals surface area (Å²) in [6.45, 7) is 2.24. The van der Waals surface area contributed by atoms with Gasteiger partial charge in [0.25, 0.3) is 0 Å². The summed E-state index contributed by atoms with van der Waals surface area (Å²) < 4.78 is 0. The number of halogens is 1. The summed E-state index contributed by atoms with van der Waals surface area (Å²) in [7, 11) is 2.00. The van der Waals surface area contributed by atoms with E-state index in [0.717, 1.165) is 35.0 Å². The van der Waals surface area contributed by atoms with Crippen molar-refractivity contribution in [3.8, 4) is 0 Å². The minimum Gasteiger partial charge on any atom is -0.372 e. The van der Waals surface area contributed by atoms with Crippen molar-refractivity contribution in [1.29, 1.82) is 0 Å². The predicted octanol–water partition coefficient (Wildman–Crippen LogP) is 3.58. The zero-order valence-corrected chi connectivity index (χ0v) is 13.7. The van der Waals surface area contributed by atoms with E-state index in [1.807, 2.05) is 31.3 Å². The molecule has 1 aromatic rings. The monoisotopic (exact) mass is 335 g/mol. The molecule has 1 aromatic carbocycles. The van der Waals surface area contributed by atoms with Crippen LogP contribution in [-0.4, -0.2) is 34.5 Å². The Morgan fingerprint density at radius 3 is 2.73 bits per heavy atom. The average molecular weight is 336 g/mol. The highest BCUT2D eigenvalue weighted by molar-refractivity contribution is 8.28. The number of nitrogens with zero attached hydrogens (tertiary/aromatic N) is 3. The largest absolute Gasteiger partial charge is 0.372 e. The first kappa shape index (κ1) is 15.1. The van der Waals surface area contributed by atoms with Crippen LogP contribution in [0.25, 0.3) is 0 Å². The van der Waals surface area contributed by atoms with E-state index in [1.54, 1.807) is 0 Å². The molecular formula is C15H14ClN3O2S. The van der Waals surface area contributed by atoms with Gasteiger partial charge in [-0.1, -0.05) is 16.8 Å². The molecule has 0 aromatic heterocycles. The van der Waals surface area contributed by atoms with Crippen LogP contribution in [0.1, 0.15) is 13.3 Å². The first-order chi connectivity index (χ1) is 10.5. The third-order valence-electron chi connectivity index (χ3n) is 3.33. The molecule has 22 heavy (non-hydrogen) atoms. The molecule has 0 amide bonds. The van der Waals surface area contributed by atoms with Gasteiger partial charge in [0, 0.05) is 31.1 Å². The maximum Gasteiger partial charge on any atom is 0.332 e. The van der Waals surface area contributed by atoms with Gasteiger partial charge >= 0.3 is 5.97 Å². The van der Waals surface area contributed by atoms with Crippen molar-refractivity contribution in [3.63, 3.8) is 0 Å². The summed E-state index contributed by atoms with van der Waals surface area (Å²) in [4.78, 5) is 22.5. The van der Waals surface area contributed by atoms with E-state index in [2.05, 4.69) is 15.0 Å². The fourth-order valence-corrected chi connectivity index (χ4v) is 3.57. The second kappa shape index (κ2) is 6.14. The van der Waals surface area contributed by atoms with Crippen LogP contribution < -0.4 is 0 Å². The van der Waals surface area contributed by atoms with Crippen LogP contribution in [0.5, 0.6) is 0 Å². The highest BCUT2D eigenvalue weighted by Gasteiger charge is 2.35. The van der Waals surface area contributed by atoms with E-state index in [0.29, 0.717) is 10.1 Å². The lowest BCUT2D eigenvalue weighted by molar-refractivity contribution is -0.140. The van der Waals surface area contributed by atoms with E-state index in [9.17, 15) is 4.79 Å². The van der Waals surface area contributed by atoms with Gasteiger partial charge in [-0.05, 0) is 42.4 Å². The van der Waals surface area contributed by atoms with E-state index >= 15 is 0 Å². The highest BCUT2D eigenvalue weighted by atomic mass is 35.5. The first-order valence-corrected chi connectivity index (χ1v) is 7.97. The number of carbonyl (C=O) groups excluding carboxylic acids is 1. The molecule has 0 bridgehead atoms. The Hall–Kier alpha value is -1.79. The number of hydrogen-bond donors (Lipinski definition) is 0. The molecule has 0 fully saturated rings. The van der Waals surface area contributed by atoms with Gasteiger partial charge in [0.1, 0.15) is 5.04 Å². The Morgan fingerprint density at radius 2 is 2.05 bits per heavy atom. The summed E-state index contributed by atoms with van der Waals surface area (Å²) in [5, 5.41) is 6.21. The van der Waals surface area contributed by atoms with Crippen LogP contribution >= 0.6 is 23.4 Å². The Labute approximate surface area is 137 Å². The van der Waals surface area contributed by atoms with E-state index in [-0.39, 0.29) is 0 Å². The molecule has 0 N–H and O–H groups in total. The molecule has 2 aliphatic rings. The number of hydrogen-bond acceptors (Lipinski definition) is 6. The number of thioether (sulfide) groups is 1. The SMILES string of the molecule is CC(=O)ON=C1SC(=Nc2ccc(Cl)cc2)C2=C1N(C)CC2. The van der Waals surface area contributed by atoms with Gasteiger partial charge < -0.3 is 9.74 Å². The number of carbonyl (C=O) groups is 1. The molecule has 5 nitrogen and oxygen atoms in total. The summed E-state index contributed by atoms with van der Waals surface area (Å²) in [5.74, 6) is -0.431. The van der Waals surface area contributed by atoms with Crippen LogP contribution in [0, 0.1) is 0 Å². The quantitative estimate of drug-likeness (QED) is 0.612. The molecule has 0 saturated carbocycles. The van der Waals surface area contributed by atoms with Crippen LogP contribution in [0.2, 0.25) is 5.02 Å². The van der Waals surface area contributed by atoms with Gasteiger partial charge in [0.15, 0.2) is 5.04 Å². The molecule has 3 rings (SSSR count). The van der Waals surface area contributed by atoms with Crippen LogP contribution in [-0.2, 0) is 9.63 Å². The fourth-order valence-electron chi connectivity index (χ4n) is 2.33. The fraction of sp³-hybridized carbons (Fsp3) is 0.267. The van der Waals surface area contributed by atoms with Crippen molar-refractivity contribution in [2.24, 2.45) is 10.1 Å². The molecule has 0 aliphatic carbocycles. The lowest BCUT2D eigenvalue weighted by atomic mass is 10.2. The third kappa shape index (κ3) is 3.03. The van der Waals surface area contributed by atoms with Crippen LogP contribution in [0.15, 0.2) is 45.7 Å². The number of benzene rings is 1. The van der Waals surface area contributed by atoms with Gasteiger partial charge in [-0.3, -0.25) is 0 Å². The molecule has 2 heterocycles. The molecule has 0 saturated heterocycles. The molecule has 7 heteroatoms. The number of rotatable bonds is 2. The number of oxime groups is 1. The molecule has 114 valence electrons. The topological polar surface area (TPSA) is 54.3 Å². The minimum atomic E-state index is -0.431. The third-order valence-corrected chi connectivity index (χ3v) is 4.58. The average Bonchev–Trinajstić information content (AvgIpc) is 3.01. The standard InChI is InChI=1S/C15H14ClN3O2S/c1-9(20)21-18-15-13-12(7-8-19(13)2)14(22-15)17-11-5-3-10(16)4-6-11/h3-6H,7-8H2,1-2H3. The lowest BCUT2D eigenvalue weighted by Crippen LogP contribution is -2.17. The van der Waals surface area contributed by atoms with Gasteiger partial charge in [-0.2, -0.15) is 0 Å². The van der Waals surface area contributed by atoms with E-state index in [4.69, 9.17) is 16.4 Å².